The van der Waals surface area contributed by atoms with Gasteiger partial charge in [-0.25, -0.2) is 11.1 Å². The van der Waals surface area contributed by atoms with Crippen LogP contribution in [0.1, 0.15) is 0 Å². The second-order valence-electron chi connectivity index (χ2n) is 6.47. The number of phenols is 1. The number of hydrogen-bond acceptors (Lipinski definition) is 1. The van der Waals surface area contributed by atoms with Gasteiger partial charge in [0.2, 0.25) is 0 Å². The van der Waals surface area contributed by atoms with E-state index in [1.54, 1.807) is 6.07 Å². The maximum atomic E-state index is 10.3. The molecular weight excluding hydrogens is 541 g/mol. The Kier molecular flexibility index (Phi) is 5.36. The summed E-state index contributed by atoms with van der Waals surface area (Å²) in [7, 11) is 0. The predicted molar refractivity (Wildman–Crippen MR) is 108 cm³/mol. The predicted octanol–water partition coefficient (Wildman–Crippen LogP) is 4.68. The summed E-state index contributed by atoms with van der Waals surface area (Å²) in [5, 5.41) is 10.3. The smallest absolute Gasteiger partial charge is 0.511 e. The maximum Gasteiger partial charge on any atom is 3.00 e. The second-order valence-corrected chi connectivity index (χ2v) is 6.47. The number of nitrogens with zero attached hydrogens (tertiary/aromatic N) is 2. The molecular formula is C25H16AuN2O+. The summed E-state index contributed by atoms with van der Waals surface area (Å²) >= 11 is 0. The molecule has 0 spiro atoms. The average molecular weight is 557 g/mol. The summed E-state index contributed by atoms with van der Waals surface area (Å²) in [6.07, 6.45) is 3.37. The van der Waals surface area contributed by atoms with Gasteiger partial charge in [-0.2, -0.15) is 42.5 Å². The molecule has 0 atom stereocenters. The quantitative estimate of drug-likeness (QED) is 0.195. The minimum Gasteiger partial charge on any atom is -0.511 e. The molecule has 0 bridgehead atoms. The molecule has 0 fully saturated rings. The van der Waals surface area contributed by atoms with Gasteiger partial charge in [-0.1, -0.05) is 36.4 Å². The number of aromatic hydroxyl groups is 1. The van der Waals surface area contributed by atoms with Crippen molar-refractivity contribution in [1.82, 2.24) is 4.57 Å². The van der Waals surface area contributed by atoms with E-state index in [1.165, 1.54) is 0 Å². The van der Waals surface area contributed by atoms with Crippen LogP contribution < -0.4 is 4.57 Å². The minimum atomic E-state index is 0. The Morgan fingerprint density at radius 3 is 2.34 bits per heavy atom. The molecule has 0 saturated carbocycles. The first-order chi connectivity index (χ1) is 13.8. The Bertz CT molecular complexity index is 1280. The molecule has 0 aliphatic heterocycles. The van der Waals surface area contributed by atoms with Gasteiger partial charge in [0.25, 0.3) is 6.33 Å². The summed E-state index contributed by atoms with van der Waals surface area (Å²) in [5.41, 5.74) is 5.46. The maximum absolute atomic E-state index is 10.3. The van der Waals surface area contributed by atoms with Crippen LogP contribution in [0.5, 0.6) is 5.75 Å². The molecule has 29 heavy (non-hydrogen) atoms. The van der Waals surface area contributed by atoms with Crippen LogP contribution in [0.15, 0.2) is 91.0 Å². The number of fused-ring (bicyclic) bond motifs is 1. The van der Waals surface area contributed by atoms with Gasteiger partial charge in [-0.15, -0.1) is 12.1 Å². The first-order valence-electron chi connectivity index (χ1n) is 9.04. The van der Waals surface area contributed by atoms with Gasteiger partial charge < -0.3 is 9.67 Å². The molecule has 4 aromatic carbocycles. The van der Waals surface area contributed by atoms with Crippen LogP contribution in [0.2, 0.25) is 0 Å². The number of rotatable bonds is 3. The molecule has 5 aromatic rings. The molecule has 1 N–H and O–H groups in total. The molecule has 1 aromatic heterocycles. The van der Waals surface area contributed by atoms with Crippen LogP contribution in [0, 0.1) is 18.5 Å². The fraction of sp³-hybridized carbons (Fsp3) is 0. The normalized spacial score (nSPS) is 10.6. The fourth-order valence-corrected chi connectivity index (χ4v) is 3.38. The van der Waals surface area contributed by atoms with Crippen molar-refractivity contribution < 1.29 is 32.1 Å². The monoisotopic (exact) mass is 557 g/mol. The number of imidazole rings is 1. The van der Waals surface area contributed by atoms with Crippen molar-refractivity contribution in [3.63, 3.8) is 0 Å². The summed E-state index contributed by atoms with van der Waals surface area (Å²) in [4.78, 5) is 0. The number of phenolic OH excluding ortho intramolecular Hbond substituents is 1. The van der Waals surface area contributed by atoms with Gasteiger partial charge in [-0.05, 0) is 17.8 Å². The first kappa shape index (κ1) is 19.2. The molecule has 0 amide bonds. The number of para-hydroxylation sites is 4. The summed E-state index contributed by atoms with van der Waals surface area (Å²) in [5.74, 6) is 0.211. The molecule has 0 aliphatic carbocycles. The van der Waals surface area contributed by atoms with Crippen molar-refractivity contribution in [3.8, 4) is 28.3 Å². The van der Waals surface area contributed by atoms with Crippen molar-refractivity contribution in [1.29, 1.82) is 0 Å². The third-order valence-electron chi connectivity index (χ3n) is 4.71. The van der Waals surface area contributed by atoms with Crippen molar-refractivity contribution >= 4 is 11.0 Å². The van der Waals surface area contributed by atoms with E-state index in [-0.39, 0.29) is 28.1 Å². The SMILES string of the molecule is Oc1ccccc1-[n+]1[c-]n(-c2[c-]c(-c3[c-]cccc3)ccc2)c2ccccc21.[Au+3]. The molecule has 0 saturated heterocycles. The molecule has 0 unspecified atom stereocenters. The standard InChI is InChI=1S/C25H16N2O.Au/c28-25-16-7-6-15-24(25)27-18-26(22-13-4-5-14-23(22)27)21-12-8-11-20(17-21)19-9-2-1-3-10-19;/h1-9,11-16,28H;/q-2;+3. The van der Waals surface area contributed by atoms with Crippen LogP contribution in [0.4, 0.5) is 0 Å². The Balaban J connectivity index is 0.00000205. The van der Waals surface area contributed by atoms with Gasteiger partial charge in [0.15, 0.2) is 0 Å². The Morgan fingerprint density at radius 2 is 1.52 bits per heavy atom. The zero-order valence-electron chi connectivity index (χ0n) is 15.3. The topological polar surface area (TPSA) is 29.0 Å². The Labute approximate surface area is 185 Å². The first-order valence-corrected chi connectivity index (χ1v) is 9.04. The third kappa shape index (κ3) is 3.52. The Morgan fingerprint density at radius 1 is 0.759 bits per heavy atom. The molecule has 0 aliphatic rings. The fourth-order valence-electron chi connectivity index (χ4n) is 3.38. The van der Waals surface area contributed by atoms with Crippen LogP contribution >= 0.6 is 0 Å². The van der Waals surface area contributed by atoms with E-state index < -0.39 is 0 Å². The van der Waals surface area contributed by atoms with E-state index in [9.17, 15) is 5.11 Å². The average Bonchev–Trinajstić information content (AvgIpc) is 3.14. The van der Waals surface area contributed by atoms with Gasteiger partial charge in [-0.3, -0.25) is 4.57 Å². The van der Waals surface area contributed by atoms with Gasteiger partial charge in [0.05, 0.1) is 11.0 Å². The van der Waals surface area contributed by atoms with Crippen LogP contribution in [-0.4, -0.2) is 9.67 Å². The van der Waals surface area contributed by atoms with Crippen molar-refractivity contribution in [3.05, 3.63) is 109 Å². The van der Waals surface area contributed by atoms with Gasteiger partial charge in [0, 0.05) is 0 Å². The van der Waals surface area contributed by atoms with E-state index in [0.717, 1.165) is 27.8 Å². The van der Waals surface area contributed by atoms with E-state index >= 15 is 0 Å². The van der Waals surface area contributed by atoms with Crippen LogP contribution in [0.3, 0.4) is 0 Å². The van der Waals surface area contributed by atoms with E-state index in [0.29, 0.717) is 5.69 Å². The van der Waals surface area contributed by atoms with E-state index in [2.05, 4.69) is 18.5 Å². The van der Waals surface area contributed by atoms with Gasteiger partial charge in [0.1, 0.15) is 11.4 Å². The third-order valence-corrected chi connectivity index (χ3v) is 4.71. The number of hydrogen-bond donors (Lipinski definition) is 1. The van der Waals surface area contributed by atoms with Gasteiger partial charge >= 0.3 is 22.4 Å². The van der Waals surface area contributed by atoms with Crippen molar-refractivity contribution in [2.75, 3.05) is 0 Å². The summed E-state index contributed by atoms with van der Waals surface area (Å²) in [6.45, 7) is 0. The largest absolute Gasteiger partial charge is 3.00 e. The zero-order chi connectivity index (χ0) is 18.9. The summed E-state index contributed by atoms with van der Waals surface area (Å²) < 4.78 is 3.84. The van der Waals surface area contributed by atoms with Crippen molar-refractivity contribution in [2.24, 2.45) is 0 Å². The molecule has 1 heterocycles. The van der Waals surface area contributed by atoms with Crippen LogP contribution in [0.25, 0.3) is 33.5 Å². The van der Waals surface area contributed by atoms with Crippen LogP contribution in [-0.2, 0) is 22.4 Å². The van der Waals surface area contributed by atoms with E-state index in [1.807, 2.05) is 94.1 Å². The minimum absolute atomic E-state index is 0. The van der Waals surface area contributed by atoms with Crippen molar-refractivity contribution in [2.45, 2.75) is 0 Å². The molecule has 3 nitrogen and oxygen atoms in total. The molecule has 4 heteroatoms. The molecule has 5 rings (SSSR count). The van der Waals surface area contributed by atoms with E-state index in [4.69, 9.17) is 0 Å². The second kappa shape index (κ2) is 8.10. The zero-order valence-corrected chi connectivity index (χ0v) is 17.5. The molecule has 142 valence electrons. The summed E-state index contributed by atoms with van der Waals surface area (Å²) in [6, 6.07) is 35.9. The number of aromatic nitrogens is 2. The number of benzene rings is 4. The Hall–Kier alpha value is -3.11. The molecule has 0 radical (unpaired) electrons.